The van der Waals surface area contributed by atoms with Gasteiger partial charge in [-0.1, -0.05) is 176 Å². The van der Waals surface area contributed by atoms with Gasteiger partial charge in [0.15, 0.2) is 5.82 Å². The fourth-order valence-corrected chi connectivity index (χ4v) is 7.64. The lowest BCUT2D eigenvalue weighted by molar-refractivity contribution is 1.18. The molecule has 0 saturated carbocycles. The van der Waals surface area contributed by atoms with E-state index in [1.165, 1.54) is 43.6 Å². The molecule has 0 spiro atoms. The Balaban J connectivity index is 1.08. The number of rotatable bonds is 6. The maximum atomic E-state index is 5.23. The van der Waals surface area contributed by atoms with Crippen molar-refractivity contribution in [1.82, 2.24) is 15.0 Å². The summed E-state index contributed by atoms with van der Waals surface area (Å²) in [4.78, 5) is 15.0. The largest absolute Gasteiger partial charge is 0.263 e. The highest BCUT2D eigenvalue weighted by molar-refractivity contribution is 5.99. The van der Waals surface area contributed by atoms with Gasteiger partial charge in [-0.05, 0) is 66.9 Å². The molecule has 3 heteroatoms. The normalized spacial score (nSPS) is 11.3. The average molecular weight is 688 g/mol. The van der Waals surface area contributed by atoms with E-state index in [-0.39, 0.29) is 0 Å². The molecule has 54 heavy (non-hydrogen) atoms. The zero-order valence-corrected chi connectivity index (χ0v) is 29.4. The van der Waals surface area contributed by atoms with E-state index in [9.17, 15) is 0 Å². The van der Waals surface area contributed by atoms with Crippen molar-refractivity contribution in [2.24, 2.45) is 0 Å². The van der Waals surface area contributed by atoms with Gasteiger partial charge in [-0.3, -0.25) is 4.98 Å². The molecular weight excluding hydrogens is 655 g/mol. The minimum Gasteiger partial charge on any atom is -0.263 e. The van der Waals surface area contributed by atoms with Crippen LogP contribution >= 0.6 is 0 Å². The van der Waals surface area contributed by atoms with E-state index in [0.29, 0.717) is 5.82 Å². The summed E-state index contributed by atoms with van der Waals surface area (Å²) < 4.78 is 0. The minimum absolute atomic E-state index is 0.685. The molecule has 0 saturated heterocycles. The van der Waals surface area contributed by atoms with E-state index in [4.69, 9.17) is 9.97 Å². The number of aromatic nitrogens is 3. The van der Waals surface area contributed by atoms with Gasteiger partial charge in [0.05, 0.1) is 11.4 Å². The quantitative estimate of drug-likeness (QED) is 0.175. The van der Waals surface area contributed by atoms with Crippen molar-refractivity contribution < 1.29 is 0 Å². The smallest absolute Gasteiger partial charge is 0.160 e. The van der Waals surface area contributed by atoms with Crippen LogP contribution in [0.25, 0.3) is 99.6 Å². The summed E-state index contributed by atoms with van der Waals surface area (Å²) in [6, 6.07) is 66.5. The van der Waals surface area contributed by atoms with Crippen LogP contribution in [0.3, 0.4) is 0 Å². The van der Waals surface area contributed by atoms with Crippen molar-refractivity contribution in [2.45, 2.75) is 0 Å². The lowest BCUT2D eigenvalue weighted by Crippen LogP contribution is -1.96. The highest BCUT2D eigenvalue weighted by Gasteiger charge is 2.14. The molecule has 0 amide bonds. The van der Waals surface area contributed by atoms with Crippen LogP contribution in [0.1, 0.15) is 0 Å². The second-order valence-electron chi connectivity index (χ2n) is 13.7. The number of hydrogen-bond donors (Lipinski definition) is 0. The predicted molar refractivity (Wildman–Crippen MR) is 225 cm³/mol. The second kappa shape index (κ2) is 13.4. The van der Waals surface area contributed by atoms with Crippen LogP contribution in [0.5, 0.6) is 0 Å². The molecule has 2 aromatic heterocycles. The summed E-state index contributed by atoms with van der Waals surface area (Å²) in [5.41, 5.74) is 11.7. The SMILES string of the molecule is c1cc(-c2nc(-c3ccc(-c4cccc5ccccc45)cc3)cc(-c3ccc(-c4cncc5ccccc45)cc3)n2)cc(-c2cccc3ccccc23)c1. The van der Waals surface area contributed by atoms with Gasteiger partial charge in [-0.15, -0.1) is 0 Å². The van der Waals surface area contributed by atoms with Gasteiger partial charge in [0, 0.05) is 40.0 Å². The fraction of sp³-hybridized carbons (Fsp3) is 0. The van der Waals surface area contributed by atoms with E-state index in [0.717, 1.165) is 50.2 Å². The van der Waals surface area contributed by atoms with Gasteiger partial charge in [0.2, 0.25) is 0 Å². The minimum atomic E-state index is 0.685. The molecule has 0 atom stereocenters. The van der Waals surface area contributed by atoms with Crippen molar-refractivity contribution in [3.63, 3.8) is 0 Å². The standard InChI is InChI=1S/C51H33N3/c1-4-17-43-34(10-1)13-8-20-45(43)36-22-26-38(27-23-36)49-31-50(39-28-24-37(25-29-39)48-33-52-32-42-12-3-6-19-47(42)48)54-51(53-49)41-16-7-15-40(30-41)46-21-9-14-35-11-2-5-18-44(35)46/h1-33H. The fourth-order valence-electron chi connectivity index (χ4n) is 7.64. The molecule has 252 valence electrons. The molecule has 0 aliphatic heterocycles. The molecule has 10 aromatic rings. The van der Waals surface area contributed by atoms with Crippen molar-refractivity contribution in [3.05, 3.63) is 200 Å². The van der Waals surface area contributed by atoms with E-state index in [1.54, 1.807) is 0 Å². The number of pyridine rings is 1. The van der Waals surface area contributed by atoms with Gasteiger partial charge in [0.25, 0.3) is 0 Å². The van der Waals surface area contributed by atoms with Crippen molar-refractivity contribution in [3.8, 4) is 67.3 Å². The summed E-state index contributed by atoms with van der Waals surface area (Å²) >= 11 is 0. The van der Waals surface area contributed by atoms with Crippen molar-refractivity contribution in [2.75, 3.05) is 0 Å². The Kier molecular flexibility index (Phi) is 7.81. The van der Waals surface area contributed by atoms with Crippen LogP contribution in [0.4, 0.5) is 0 Å². The van der Waals surface area contributed by atoms with Crippen LogP contribution in [-0.2, 0) is 0 Å². The van der Waals surface area contributed by atoms with E-state index in [2.05, 4.69) is 193 Å². The van der Waals surface area contributed by atoms with Crippen LogP contribution in [0.2, 0.25) is 0 Å². The Morgan fingerprint density at radius 2 is 0.722 bits per heavy atom. The lowest BCUT2D eigenvalue weighted by Gasteiger charge is -2.13. The highest BCUT2D eigenvalue weighted by atomic mass is 14.9. The zero-order valence-electron chi connectivity index (χ0n) is 29.4. The highest BCUT2D eigenvalue weighted by Crippen LogP contribution is 2.35. The first kappa shape index (κ1) is 31.5. The summed E-state index contributed by atoms with van der Waals surface area (Å²) in [6.07, 6.45) is 3.87. The Labute approximate surface area is 313 Å². The van der Waals surface area contributed by atoms with Gasteiger partial charge in [0.1, 0.15) is 0 Å². The molecular formula is C51H33N3. The third-order valence-electron chi connectivity index (χ3n) is 10.4. The number of benzene rings is 8. The molecule has 0 N–H and O–H groups in total. The summed E-state index contributed by atoms with van der Waals surface area (Å²) in [5, 5.41) is 7.23. The van der Waals surface area contributed by atoms with Crippen LogP contribution < -0.4 is 0 Å². The Morgan fingerprint density at radius 1 is 0.278 bits per heavy atom. The predicted octanol–water partition coefficient (Wildman–Crippen LogP) is 13.3. The molecule has 0 radical (unpaired) electrons. The molecule has 0 bridgehead atoms. The number of fused-ring (bicyclic) bond motifs is 3. The molecule has 2 heterocycles. The third kappa shape index (κ3) is 5.78. The number of hydrogen-bond acceptors (Lipinski definition) is 3. The summed E-state index contributed by atoms with van der Waals surface area (Å²) in [7, 11) is 0. The zero-order chi connectivity index (χ0) is 35.8. The van der Waals surface area contributed by atoms with Gasteiger partial charge < -0.3 is 0 Å². The van der Waals surface area contributed by atoms with E-state index >= 15 is 0 Å². The lowest BCUT2D eigenvalue weighted by atomic mass is 9.96. The van der Waals surface area contributed by atoms with Gasteiger partial charge in [-0.2, -0.15) is 0 Å². The summed E-state index contributed by atoms with van der Waals surface area (Å²) in [5.74, 6) is 0.685. The maximum Gasteiger partial charge on any atom is 0.160 e. The molecule has 0 fully saturated rings. The molecule has 0 aliphatic rings. The maximum absolute atomic E-state index is 5.23. The topological polar surface area (TPSA) is 38.7 Å². The molecule has 0 aliphatic carbocycles. The number of nitrogens with zero attached hydrogens (tertiary/aromatic N) is 3. The summed E-state index contributed by atoms with van der Waals surface area (Å²) in [6.45, 7) is 0. The molecule has 8 aromatic carbocycles. The Morgan fingerprint density at radius 3 is 1.33 bits per heavy atom. The first-order valence-electron chi connectivity index (χ1n) is 18.2. The van der Waals surface area contributed by atoms with Crippen LogP contribution in [0.15, 0.2) is 200 Å². The van der Waals surface area contributed by atoms with E-state index in [1.807, 2.05) is 12.4 Å². The molecule has 3 nitrogen and oxygen atoms in total. The first-order valence-corrected chi connectivity index (χ1v) is 18.2. The first-order chi connectivity index (χ1) is 26.7. The van der Waals surface area contributed by atoms with Crippen LogP contribution in [0, 0.1) is 0 Å². The third-order valence-corrected chi connectivity index (χ3v) is 10.4. The average Bonchev–Trinajstić information content (AvgIpc) is 3.26. The molecule has 0 unspecified atom stereocenters. The van der Waals surface area contributed by atoms with Gasteiger partial charge >= 0.3 is 0 Å². The second-order valence-corrected chi connectivity index (χ2v) is 13.7. The van der Waals surface area contributed by atoms with Gasteiger partial charge in [-0.25, -0.2) is 9.97 Å². The van der Waals surface area contributed by atoms with E-state index < -0.39 is 0 Å². The molecule has 10 rings (SSSR count). The monoisotopic (exact) mass is 687 g/mol. The van der Waals surface area contributed by atoms with Crippen LogP contribution in [-0.4, -0.2) is 15.0 Å². The van der Waals surface area contributed by atoms with Crippen molar-refractivity contribution >= 4 is 32.3 Å². The Hall–Kier alpha value is -7.23. The van der Waals surface area contributed by atoms with Crippen molar-refractivity contribution in [1.29, 1.82) is 0 Å². The Bertz CT molecular complexity index is 2830.